The zero-order valence-corrected chi connectivity index (χ0v) is 19.9. The molecule has 37 heavy (non-hydrogen) atoms. The summed E-state index contributed by atoms with van der Waals surface area (Å²) in [4.78, 5) is 13.8. The number of anilines is 2. The number of fused-ring (bicyclic) bond motifs is 1. The highest BCUT2D eigenvalue weighted by Crippen LogP contribution is 2.38. The van der Waals surface area contributed by atoms with Crippen LogP contribution in [0.4, 0.5) is 24.7 Å². The van der Waals surface area contributed by atoms with Crippen molar-refractivity contribution in [1.82, 2.24) is 14.5 Å². The van der Waals surface area contributed by atoms with Crippen LogP contribution in [0.2, 0.25) is 0 Å². The van der Waals surface area contributed by atoms with E-state index in [9.17, 15) is 13.2 Å². The van der Waals surface area contributed by atoms with Crippen molar-refractivity contribution < 1.29 is 13.2 Å². The van der Waals surface area contributed by atoms with Gasteiger partial charge in [0.15, 0.2) is 5.65 Å². The molecule has 6 rings (SSSR count). The van der Waals surface area contributed by atoms with Gasteiger partial charge in [0.2, 0.25) is 0 Å². The van der Waals surface area contributed by atoms with E-state index >= 15 is 0 Å². The molecule has 5 aromatic rings. The number of piperazine rings is 1. The molecule has 2 aromatic heterocycles. The molecule has 3 aromatic carbocycles. The summed E-state index contributed by atoms with van der Waals surface area (Å²) in [5.74, 6) is 0.794. The number of rotatable bonds is 4. The van der Waals surface area contributed by atoms with E-state index in [-0.39, 0.29) is 0 Å². The van der Waals surface area contributed by atoms with Gasteiger partial charge in [0, 0.05) is 49.3 Å². The quantitative estimate of drug-likeness (QED) is 0.286. The van der Waals surface area contributed by atoms with Crippen molar-refractivity contribution in [3.8, 4) is 16.8 Å². The average molecular weight is 500 g/mol. The number of hydrogen-bond acceptors (Lipinski definition) is 4. The number of benzene rings is 3. The minimum Gasteiger partial charge on any atom is -0.368 e. The van der Waals surface area contributed by atoms with Crippen LogP contribution in [-0.4, -0.2) is 40.7 Å². The fourth-order valence-corrected chi connectivity index (χ4v) is 4.97. The first-order chi connectivity index (χ1) is 18.0. The number of alkyl halides is 3. The summed E-state index contributed by atoms with van der Waals surface area (Å²) in [5.41, 5.74) is 3.32. The van der Waals surface area contributed by atoms with Crippen LogP contribution in [0.5, 0.6) is 0 Å². The van der Waals surface area contributed by atoms with Crippen molar-refractivity contribution in [1.29, 1.82) is 0 Å². The summed E-state index contributed by atoms with van der Waals surface area (Å²) in [6.07, 6.45) is -1.06. The summed E-state index contributed by atoms with van der Waals surface area (Å²) in [6, 6.07) is 25.5. The minimum absolute atomic E-state index is 0.403. The van der Waals surface area contributed by atoms with Gasteiger partial charge in [-0.25, -0.2) is 9.97 Å². The number of halogens is 3. The van der Waals surface area contributed by atoms with Gasteiger partial charge in [-0.3, -0.25) is 0 Å². The van der Waals surface area contributed by atoms with Crippen LogP contribution in [0.15, 0.2) is 97.5 Å². The Balaban J connectivity index is 1.45. The minimum atomic E-state index is -4.43. The Bertz CT molecular complexity index is 1520. The van der Waals surface area contributed by atoms with Crippen LogP contribution in [-0.2, 0) is 6.18 Å². The molecule has 0 bridgehead atoms. The zero-order valence-electron chi connectivity index (χ0n) is 19.9. The van der Waals surface area contributed by atoms with Gasteiger partial charge in [0.25, 0.3) is 0 Å². The first-order valence-electron chi connectivity index (χ1n) is 12.1. The third kappa shape index (κ3) is 4.39. The van der Waals surface area contributed by atoms with Gasteiger partial charge < -0.3 is 14.4 Å². The molecule has 1 aliphatic rings. The van der Waals surface area contributed by atoms with E-state index < -0.39 is 11.7 Å². The van der Waals surface area contributed by atoms with Gasteiger partial charge in [0.1, 0.15) is 12.1 Å². The average Bonchev–Trinajstić information content (AvgIpc) is 3.34. The van der Waals surface area contributed by atoms with E-state index in [0.717, 1.165) is 60.6 Å². The Morgan fingerprint density at radius 3 is 2.03 bits per heavy atom. The SMILES string of the molecule is FC(F)(F)c1cccc(-n2cc(-c3ccccc3)c3c(N4CCN(c5ccccc5)CC4)ncnc32)c1. The summed E-state index contributed by atoms with van der Waals surface area (Å²) < 4.78 is 42.2. The van der Waals surface area contributed by atoms with Crippen molar-refractivity contribution in [2.24, 2.45) is 0 Å². The van der Waals surface area contributed by atoms with Crippen LogP contribution in [0.1, 0.15) is 5.56 Å². The molecule has 0 aliphatic carbocycles. The van der Waals surface area contributed by atoms with E-state index in [0.29, 0.717) is 11.3 Å². The van der Waals surface area contributed by atoms with E-state index in [1.54, 1.807) is 10.6 Å². The lowest BCUT2D eigenvalue weighted by Gasteiger charge is -2.37. The Kier molecular flexibility index (Phi) is 5.79. The van der Waals surface area contributed by atoms with Gasteiger partial charge >= 0.3 is 6.18 Å². The second-order valence-electron chi connectivity index (χ2n) is 9.03. The normalized spacial score (nSPS) is 14.4. The van der Waals surface area contributed by atoms with E-state index in [4.69, 9.17) is 0 Å². The largest absolute Gasteiger partial charge is 0.416 e. The van der Waals surface area contributed by atoms with Crippen molar-refractivity contribution in [3.05, 3.63) is 103 Å². The summed E-state index contributed by atoms with van der Waals surface area (Å²) in [7, 11) is 0. The number of hydrogen-bond donors (Lipinski definition) is 0. The second-order valence-corrected chi connectivity index (χ2v) is 9.03. The molecule has 186 valence electrons. The molecule has 5 nitrogen and oxygen atoms in total. The summed E-state index contributed by atoms with van der Waals surface area (Å²) >= 11 is 0. The predicted octanol–water partition coefficient (Wildman–Crippen LogP) is 6.43. The lowest BCUT2D eigenvalue weighted by atomic mass is 10.1. The van der Waals surface area contributed by atoms with Crippen LogP contribution in [0.25, 0.3) is 27.8 Å². The molecule has 0 saturated carbocycles. The summed E-state index contributed by atoms with van der Waals surface area (Å²) in [6.45, 7) is 3.21. The molecule has 8 heteroatoms. The fraction of sp³-hybridized carbons (Fsp3) is 0.172. The Morgan fingerprint density at radius 2 is 1.32 bits per heavy atom. The third-order valence-electron chi connectivity index (χ3n) is 6.80. The molecule has 0 unspecified atom stereocenters. The first-order valence-corrected chi connectivity index (χ1v) is 12.1. The van der Waals surface area contributed by atoms with Crippen molar-refractivity contribution in [2.45, 2.75) is 6.18 Å². The lowest BCUT2D eigenvalue weighted by molar-refractivity contribution is -0.137. The lowest BCUT2D eigenvalue weighted by Crippen LogP contribution is -2.46. The highest BCUT2D eigenvalue weighted by Gasteiger charge is 2.31. The molecule has 0 radical (unpaired) electrons. The molecule has 3 heterocycles. The van der Waals surface area contributed by atoms with Crippen molar-refractivity contribution in [3.63, 3.8) is 0 Å². The first kappa shape index (κ1) is 23.1. The van der Waals surface area contributed by atoms with E-state index in [1.165, 1.54) is 18.1 Å². The third-order valence-corrected chi connectivity index (χ3v) is 6.80. The summed E-state index contributed by atoms with van der Waals surface area (Å²) in [5, 5.41) is 0.833. The highest BCUT2D eigenvalue weighted by atomic mass is 19.4. The second kappa shape index (κ2) is 9.28. The molecule has 0 amide bonds. The Hall–Kier alpha value is -4.33. The molecule has 0 atom stereocenters. The van der Waals surface area contributed by atoms with Gasteiger partial charge in [-0.1, -0.05) is 54.6 Å². The van der Waals surface area contributed by atoms with Crippen LogP contribution < -0.4 is 9.80 Å². The van der Waals surface area contributed by atoms with Crippen molar-refractivity contribution >= 4 is 22.5 Å². The maximum Gasteiger partial charge on any atom is 0.416 e. The molecule has 1 fully saturated rings. The number of aromatic nitrogens is 3. The predicted molar refractivity (Wildman–Crippen MR) is 140 cm³/mol. The molecular formula is C29H24F3N5. The maximum atomic E-state index is 13.5. The highest BCUT2D eigenvalue weighted by molar-refractivity contribution is 6.02. The Labute approximate surface area is 212 Å². The van der Waals surface area contributed by atoms with Gasteiger partial charge in [-0.05, 0) is 35.9 Å². The van der Waals surface area contributed by atoms with E-state index in [2.05, 4.69) is 31.9 Å². The van der Waals surface area contributed by atoms with E-state index in [1.807, 2.05) is 54.7 Å². The molecule has 0 spiro atoms. The molecular weight excluding hydrogens is 475 g/mol. The van der Waals surface area contributed by atoms with Gasteiger partial charge in [0.05, 0.1) is 10.9 Å². The molecule has 1 aliphatic heterocycles. The van der Waals surface area contributed by atoms with Crippen LogP contribution in [0, 0.1) is 0 Å². The smallest absolute Gasteiger partial charge is 0.368 e. The van der Waals surface area contributed by atoms with Crippen molar-refractivity contribution in [2.75, 3.05) is 36.0 Å². The maximum absolute atomic E-state index is 13.5. The number of nitrogens with zero attached hydrogens (tertiary/aromatic N) is 5. The monoisotopic (exact) mass is 499 g/mol. The Morgan fingerprint density at radius 1 is 0.676 bits per heavy atom. The topological polar surface area (TPSA) is 37.2 Å². The van der Waals surface area contributed by atoms with Crippen LogP contribution in [0.3, 0.4) is 0 Å². The standard InChI is InChI=1S/C29H24F3N5/c30-29(31,32)22-10-7-13-24(18-22)37-19-25(21-8-3-1-4-9-21)26-27(33-20-34-28(26)37)36-16-14-35(15-17-36)23-11-5-2-6-12-23/h1-13,18-20H,14-17H2. The van der Waals surface area contributed by atoms with Gasteiger partial charge in [-0.2, -0.15) is 13.2 Å². The van der Waals surface area contributed by atoms with Gasteiger partial charge in [-0.15, -0.1) is 0 Å². The molecule has 1 saturated heterocycles. The zero-order chi connectivity index (χ0) is 25.4. The van der Waals surface area contributed by atoms with Crippen LogP contribution >= 0.6 is 0 Å². The molecule has 0 N–H and O–H groups in total. The fourth-order valence-electron chi connectivity index (χ4n) is 4.97. The number of para-hydroxylation sites is 1.